The summed E-state index contributed by atoms with van der Waals surface area (Å²) in [5.74, 6) is 1.09. The molecule has 1 aliphatic carbocycles. The zero-order valence-corrected chi connectivity index (χ0v) is 17.7. The Morgan fingerprint density at radius 2 is 2.04 bits per heavy atom. The van der Waals surface area contributed by atoms with E-state index in [4.69, 9.17) is 4.99 Å². The van der Waals surface area contributed by atoms with Gasteiger partial charge in [-0.25, -0.2) is 9.98 Å². The number of rotatable bonds is 3. The Labute approximate surface area is 161 Å². The molecule has 2 heterocycles. The van der Waals surface area contributed by atoms with Crippen LogP contribution in [0.3, 0.4) is 0 Å². The molecule has 23 heavy (non-hydrogen) atoms. The molecule has 130 valence electrons. The first-order chi connectivity index (χ1) is 10.6. The third kappa shape index (κ3) is 4.38. The number of aromatic nitrogens is 1. The van der Waals surface area contributed by atoms with Gasteiger partial charge in [0.1, 0.15) is 0 Å². The Morgan fingerprint density at radius 1 is 1.30 bits per heavy atom. The number of guanidine groups is 1. The van der Waals surface area contributed by atoms with Gasteiger partial charge >= 0.3 is 0 Å². The van der Waals surface area contributed by atoms with E-state index >= 15 is 0 Å². The number of nitrogens with one attached hydrogen (secondary N) is 1. The first kappa shape index (κ1) is 19.0. The van der Waals surface area contributed by atoms with Gasteiger partial charge < -0.3 is 10.2 Å². The van der Waals surface area contributed by atoms with Crippen LogP contribution in [0.2, 0.25) is 0 Å². The minimum Gasteiger partial charge on any atom is -0.357 e. The maximum Gasteiger partial charge on any atom is 0.194 e. The third-order valence-corrected chi connectivity index (χ3v) is 6.17. The number of nitrogens with zero attached hydrogens (tertiary/aromatic N) is 3. The summed E-state index contributed by atoms with van der Waals surface area (Å²) in [6, 6.07) is 0. The lowest BCUT2D eigenvalue weighted by molar-refractivity contribution is 0.309. The van der Waals surface area contributed by atoms with Crippen molar-refractivity contribution in [2.24, 2.45) is 10.4 Å². The molecule has 1 aliphatic heterocycles. The van der Waals surface area contributed by atoms with E-state index in [9.17, 15) is 0 Å². The number of aliphatic imine (C=N–C) groups is 1. The van der Waals surface area contributed by atoms with Crippen LogP contribution >= 0.6 is 35.3 Å². The second kappa shape index (κ2) is 8.14. The van der Waals surface area contributed by atoms with Crippen LogP contribution in [0.5, 0.6) is 0 Å². The highest BCUT2D eigenvalue weighted by Gasteiger charge is 2.41. The number of halogens is 1. The average molecular weight is 448 g/mol. The highest BCUT2D eigenvalue weighted by Crippen LogP contribution is 2.45. The van der Waals surface area contributed by atoms with Crippen molar-refractivity contribution in [3.8, 4) is 0 Å². The highest BCUT2D eigenvalue weighted by atomic mass is 127. The second-order valence-electron chi connectivity index (χ2n) is 6.79. The largest absolute Gasteiger partial charge is 0.357 e. The van der Waals surface area contributed by atoms with Gasteiger partial charge in [-0.3, -0.25) is 0 Å². The van der Waals surface area contributed by atoms with Crippen molar-refractivity contribution in [1.29, 1.82) is 0 Å². The van der Waals surface area contributed by atoms with Gasteiger partial charge in [0.15, 0.2) is 5.96 Å². The van der Waals surface area contributed by atoms with Crippen LogP contribution in [0.4, 0.5) is 0 Å². The Morgan fingerprint density at radius 3 is 2.65 bits per heavy atom. The van der Waals surface area contributed by atoms with Crippen LogP contribution < -0.4 is 5.32 Å². The molecular formula is C17H29IN4S. The summed E-state index contributed by atoms with van der Waals surface area (Å²) in [6.45, 7) is 10.3. The monoisotopic (exact) mass is 448 g/mol. The molecular weight excluding hydrogens is 419 g/mol. The van der Waals surface area contributed by atoms with Crippen molar-refractivity contribution >= 4 is 41.3 Å². The van der Waals surface area contributed by atoms with Crippen LogP contribution in [0.15, 0.2) is 4.99 Å². The lowest BCUT2D eigenvalue weighted by atomic mass is 9.86. The Balaban J connectivity index is 0.00000192. The topological polar surface area (TPSA) is 40.5 Å². The standard InChI is InChI=1S/C17H28N4S.HI/c1-4-18-16(19-11-15-13(2)20-14(3)22-15)21-10-9-17(12-21)7-5-6-8-17;/h4-12H2,1-3H3,(H,18,19);1H. The number of thiazole rings is 1. The van der Waals surface area contributed by atoms with Crippen LogP contribution in [-0.2, 0) is 6.54 Å². The van der Waals surface area contributed by atoms with E-state index in [0.29, 0.717) is 5.41 Å². The van der Waals surface area contributed by atoms with E-state index in [2.05, 4.69) is 36.0 Å². The van der Waals surface area contributed by atoms with E-state index in [1.807, 2.05) is 0 Å². The summed E-state index contributed by atoms with van der Waals surface area (Å²) >= 11 is 1.77. The molecule has 1 aromatic rings. The van der Waals surface area contributed by atoms with E-state index in [-0.39, 0.29) is 24.0 Å². The van der Waals surface area contributed by atoms with E-state index in [0.717, 1.165) is 36.3 Å². The fraction of sp³-hybridized carbons (Fsp3) is 0.765. The molecule has 1 saturated heterocycles. The predicted octanol–water partition coefficient (Wildman–Crippen LogP) is 4.11. The van der Waals surface area contributed by atoms with Gasteiger partial charge in [0, 0.05) is 24.5 Å². The van der Waals surface area contributed by atoms with Gasteiger partial charge in [0.2, 0.25) is 0 Å². The molecule has 1 N–H and O–H groups in total. The minimum absolute atomic E-state index is 0. The molecule has 0 amide bonds. The smallest absolute Gasteiger partial charge is 0.194 e. The number of hydrogen-bond donors (Lipinski definition) is 1. The molecule has 1 spiro atoms. The van der Waals surface area contributed by atoms with E-state index in [1.165, 1.54) is 43.5 Å². The fourth-order valence-corrected chi connectivity index (χ4v) is 4.80. The lowest BCUT2D eigenvalue weighted by Gasteiger charge is -2.25. The van der Waals surface area contributed by atoms with Gasteiger partial charge in [-0.2, -0.15) is 0 Å². The van der Waals surface area contributed by atoms with Gasteiger partial charge in [-0.05, 0) is 45.4 Å². The molecule has 0 atom stereocenters. The molecule has 1 saturated carbocycles. The van der Waals surface area contributed by atoms with Crippen LogP contribution in [0.1, 0.15) is 54.6 Å². The molecule has 4 nitrogen and oxygen atoms in total. The van der Waals surface area contributed by atoms with Crippen LogP contribution in [-0.4, -0.2) is 35.5 Å². The maximum atomic E-state index is 4.90. The fourth-order valence-electron chi connectivity index (χ4n) is 3.94. The van der Waals surface area contributed by atoms with Crippen molar-refractivity contribution in [2.75, 3.05) is 19.6 Å². The number of aryl methyl sites for hydroxylation is 2. The normalized spacial score (nSPS) is 20.1. The first-order valence-electron chi connectivity index (χ1n) is 8.58. The first-order valence-corrected chi connectivity index (χ1v) is 9.40. The van der Waals surface area contributed by atoms with Crippen LogP contribution in [0, 0.1) is 19.3 Å². The van der Waals surface area contributed by atoms with Crippen molar-refractivity contribution in [1.82, 2.24) is 15.2 Å². The third-order valence-electron chi connectivity index (χ3n) is 5.11. The maximum absolute atomic E-state index is 4.90. The summed E-state index contributed by atoms with van der Waals surface area (Å²) in [4.78, 5) is 13.2. The molecule has 2 aliphatic rings. The minimum atomic E-state index is 0. The van der Waals surface area contributed by atoms with Gasteiger partial charge in [0.05, 0.1) is 17.2 Å². The van der Waals surface area contributed by atoms with E-state index in [1.54, 1.807) is 11.3 Å². The zero-order chi connectivity index (χ0) is 15.6. The van der Waals surface area contributed by atoms with Crippen LogP contribution in [0.25, 0.3) is 0 Å². The quantitative estimate of drug-likeness (QED) is 0.430. The predicted molar refractivity (Wildman–Crippen MR) is 109 cm³/mol. The second-order valence-corrected chi connectivity index (χ2v) is 8.08. The Hall–Kier alpha value is -0.370. The average Bonchev–Trinajstić information content (AvgIpc) is 3.19. The molecule has 6 heteroatoms. The summed E-state index contributed by atoms with van der Waals surface area (Å²) in [5, 5.41) is 4.63. The molecule has 0 aromatic carbocycles. The number of hydrogen-bond acceptors (Lipinski definition) is 3. The Kier molecular flexibility index (Phi) is 6.71. The van der Waals surface area contributed by atoms with Gasteiger partial charge in [-0.15, -0.1) is 35.3 Å². The Bertz CT molecular complexity index is 549. The molecule has 0 bridgehead atoms. The van der Waals surface area contributed by atoms with Crippen molar-refractivity contribution < 1.29 is 0 Å². The molecule has 2 fully saturated rings. The highest BCUT2D eigenvalue weighted by molar-refractivity contribution is 14.0. The van der Waals surface area contributed by atoms with Crippen molar-refractivity contribution in [3.05, 3.63) is 15.6 Å². The zero-order valence-electron chi connectivity index (χ0n) is 14.5. The summed E-state index contributed by atoms with van der Waals surface area (Å²) < 4.78 is 0. The van der Waals surface area contributed by atoms with Crippen molar-refractivity contribution in [3.63, 3.8) is 0 Å². The van der Waals surface area contributed by atoms with Crippen molar-refractivity contribution in [2.45, 2.75) is 59.4 Å². The molecule has 3 rings (SSSR count). The molecule has 0 radical (unpaired) electrons. The van der Waals surface area contributed by atoms with Gasteiger partial charge in [0.25, 0.3) is 0 Å². The summed E-state index contributed by atoms with van der Waals surface area (Å²) in [7, 11) is 0. The van der Waals surface area contributed by atoms with E-state index < -0.39 is 0 Å². The number of likely N-dealkylation sites (tertiary alicyclic amines) is 1. The van der Waals surface area contributed by atoms with Gasteiger partial charge in [-0.1, -0.05) is 12.8 Å². The lowest BCUT2D eigenvalue weighted by Crippen LogP contribution is -2.41. The summed E-state index contributed by atoms with van der Waals surface area (Å²) in [6.07, 6.45) is 7.00. The summed E-state index contributed by atoms with van der Waals surface area (Å²) in [5.41, 5.74) is 1.73. The molecule has 0 unspecified atom stereocenters. The molecule has 1 aromatic heterocycles. The SMILES string of the molecule is CCNC(=NCc1sc(C)nc1C)N1CCC2(CCCC2)C1.I.